The molecule has 0 aliphatic rings. The number of ether oxygens (including phenoxy) is 1. The Balaban J connectivity index is 2.20. The van der Waals surface area contributed by atoms with Crippen LogP contribution in [0.15, 0.2) is 30.5 Å². The highest BCUT2D eigenvalue weighted by Crippen LogP contribution is 2.32. The number of carbonyl (C=O) groups excluding carboxylic acids is 1. The van der Waals surface area contributed by atoms with Gasteiger partial charge in [0.25, 0.3) is 0 Å². The van der Waals surface area contributed by atoms with E-state index in [0.717, 1.165) is 16.8 Å². The van der Waals surface area contributed by atoms with E-state index >= 15 is 0 Å². The van der Waals surface area contributed by atoms with Crippen LogP contribution >= 0.6 is 11.6 Å². The number of nitrogens with one attached hydrogen (secondary N) is 1. The summed E-state index contributed by atoms with van der Waals surface area (Å²) in [6, 6.07) is 7.28. The molecule has 0 saturated heterocycles. The zero-order valence-corrected chi connectivity index (χ0v) is 14.4. The average molecular weight is 345 g/mol. The first-order chi connectivity index (χ1) is 11.5. The molecule has 1 aromatic carbocycles. The summed E-state index contributed by atoms with van der Waals surface area (Å²) in [5, 5.41) is 9.05. The maximum atomic E-state index is 12.3. The van der Waals surface area contributed by atoms with Gasteiger partial charge in [0, 0.05) is 24.0 Å². The molecule has 1 N–H and O–H groups in total. The van der Waals surface area contributed by atoms with Crippen molar-refractivity contribution in [2.75, 3.05) is 11.9 Å². The molecule has 2 aromatic heterocycles. The van der Waals surface area contributed by atoms with E-state index in [-0.39, 0.29) is 0 Å². The Labute approximate surface area is 144 Å². The SMILES string of the molecule is CCOC(=O)c1cnc2c(c(C)nn2C)c1Nc1cccc(Cl)c1. The van der Waals surface area contributed by atoms with Crippen molar-refractivity contribution >= 4 is 40.0 Å². The van der Waals surface area contributed by atoms with Crippen LogP contribution in [0.4, 0.5) is 11.4 Å². The van der Waals surface area contributed by atoms with Gasteiger partial charge in [0.1, 0.15) is 5.56 Å². The van der Waals surface area contributed by atoms with Gasteiger partial charge >= 0.3 is 5.97 Å². The summed E-state index contributed by atoms with van der Waals surface area (Å²) in [6.45, 7) is 3.94. The highest BCUT2D eigenvalue weighted by atomic mass is 35.5. The first kappa shape index (κ1) is 16.3. The summed E-state index contributed by atoms with van der Waals surface area (Å²) in [5.41, 5.74) is 3.20. The predicted molar refractivity (Wildman–Crippen MR) is 93.9 cm³/mol. The molecule has 3 rings (SSSR count). The lowest BCUT2D eigenvalue weighted by atomic mass is 10.1. The van der Waals surface area contributed by atoms with Crippen LogP contribution in [0, 0.1) is 6.92 Å². The Kier molecular flexibility index (Phi) is 4.40. The molecule has 124 valence electrons. The van der Waals surface area contributed by atoms with Gasteiger partial charge in [0.05, 0.1) is 23.4 Å². The molecule has 2 heterocycles. The molecule has 0 aliphatic carbocycles. The molecule has 0 saturated carbocycles. The molecule has 0 atom stereocenters. The fourth-order valence-electron chi connectivity index (χ4n) is 2.62. The summed E-state index contributed by atoms with van der Waals surface area (Å²) >= 11 is 6.06. The Morgan fingerprint density at radius 1 is 1.42 bits per heavy atom. The van der Waals surface area contributed by atoms with E-state index in [0.29, 0.717) is 28.5 Å². The molecule has 0 spiro atoms. The standard InChI is InChI=1S/C17H17ClN4O2/c1-4-24-17(23)13-9-19-16-14(10(2)21-22(16)3)15(13)20-12-7-5-6-11(18)8-12/h5-9H,4H2,1-3H3,(H,19,20). The minimum Gasteiger partial charge on any atom is -0.462 e. The molecular formula is C17H17ClN4O2. The van der Waals surface area contributed by atoms with E-state index in [1.165, 1.54) is 6.20 Å². The average Bonchev–Trinajstić information content (AvgIpc) is 2.83. The Bertz CT molecular complexity index is 920. The molecule has 0 aliphatic heterocycles. The summed E-state index contributed by atoms with van der Waals surface area (Å²) in [5.74, 6) is -0.431. The van der Waals surface area contributed by atoms with Crippen LogP contribution < -0.4 is 5.32 Å². The summed E-state index contributed by atoms with van der Waals surface area (Å²) in [7, 11) is 1.82. The molecule has 0 radical (unpaired) electrons. The number of benzene rings is 1. The number of carbonyl (C=O) groups is 1. The van der Waals surface area contributed by atoms with Gasteiger partial charge < -0.3 is 10.1 Å². The predicted octanol–water partition coefficient (Wildman–Crippen LogP) is 3.85. The Morgan fingerprint density at radius 2 is 2.21 bits per heavy atom. The zero-order chi connectivity index (χ0) is 17.3. The quantitative estimate of drug-likeness (QED) is 0.728. The maximum Gasteiger partial charge on any atom is 0.341 e. The maximum absolute atomic E-state index is 12.3. The van der Waals surface area contributed by atoms with Gasteiger partial charge in [-0.25, -0.2) is 9.78 Å². The van der Waals surface area contributed by atoms with E-state index in [4.69, 9.17) is 16.3 Å². The fraction of sp³-hybridized carbons (Fsp3) is 0.235. The summed E-state index contributed by atoms with van der Waals surface area (Å²) in [6.07, 6.45) is 1.51. The fourth-order valence-corrected chi connectivity index (χ4v) is 2.81. The number of rotatable bonds is 4. The van der Waals surface area contributed by atoms with Crippen LogP contribution in [-0.2, 0) is 11.8 Å². The number of hydrogen-bond donors (Lipinski definition) is 1. The largest absolute Gasteiger partial charge is 0.462 e. The van der Waals surface area contributed by atoms with Gasteiger partial charge in [-0.05, 0) is 32.0 Å². The van der Waals surface area contributed by atoms with E-state index in [9.17, 15) is 4.79 Å². The van der Waals surface area contributed by atoms with E-state index in [1.54, 1.807) is 23.7 Å². The van der Waals surface area contributed by atoms with Crippen molar-refractivity contribution in [1.82, 2.24) is 14.8 Å². The molecular weight excluding hydrogens is 328 g/mol. The van der Waals surface area contributed by atoms with Gasteiger partial charge in [-0.1, -0.05) is 17.7 Å². The molecule has 6 nitrogen and oxygen atoms in total. The number of esters is 1. The summed E-state index contributed by atoms with van der Waals surface area (Å²) in [4.78, 5) is 16.7. The van der Waals surface area contributed by atoms with Crippen LogP contribution in [0.3, 0.4) is 0 Å². The first-order valence-electron chi connectivity index (χ1n) is 7.53. The van der Waals surface area contributed by atoms with Crippen LogP contribution in [0.5, 0.6) is 0 Å². The van der Waals surface area contributed by atoms with Crippen molar-refractivity contribution in [2.24, 2.45) is 7.05 Å². The second-order valence-electron chi connectivity index (χ2n) is 5.31. The summed E-state index contributed by atoms with van der Waals surface area (Å²) < 4.78 is 6.84. The lowest BCUT2D eigenvalue weighted by Gasteiger charge is -2.13. The van der Waals surface area contributed by atoms with E-state index in [1.807, 2.05) is 26.1 Å². The molecule has 0 amide bonds. The number of hydrogen-bond acceptors (Lipinski definition) is 5. The first-order valence-corrected chi connectivity index (χ1v) is 7.91. The molecule has 24 heavy (non-hydrogen) atoms. The minimum atomic E-state index is -0.431. The number of nitrogens with zero attached hydrogens (tertiary/aromatic N) is 3. The number of halogens is 1. The monoisotopic (exact) mass is 344 g/mol. The Hall–Kier alpha value is -2.60. The topological polar surface area (TPSA) is 69.0 Å². The molecule has 0 unspecified atom stereocenters. The van der Waals surface area contributed by atoms with Crippen molar-refractivity contribution in [2.45, 2.75) is 13.8 Å². The van der Waals surface area contributed by atoms with E-state index in [2.05, 4.69) is 15.4 Å². The van der Waals surface area contributed by atoms with Crippen LogP contribution in [-0.4, -0.2) is 27.3 Å². The number of pyridine rings is 1. The third-order valence-corrected chi connectivity index (χ3v) is 3.85. The van der Waals surface area contributed by atoms with Crippen molar-refractivity contribution in [3.63, 3.8) is 0 Å². The van der Waals surface area contributed by atoms with Gasteiger partial charge in [0.2, 0.25) is 0 Å². The molecule has 0 bridgehead atoms. The smallest absolute Gasteiger partial charge is 0.341 e. The van der Waals surface area contributed by atoms with Gasteiger partial charge in [-0.15, -0.1) is 0 Å². The normalized spacial score (nSPS) is 10.8. The van der Waals surface area contributed by atoms with Crippen molar-refractivity contribution in [3.05, 3.63) is 46.7 Å². The lowest BCUT2D eigenvalue weighted by molar-refractivity contribution is 0.0527. The molecule has 0 fully saturated rings. The zero-order valence-electron chi connectivity index (χ0n) is 13.6. The number of fused-ring (bicyclic) bond motifs is 1. The highest BCUT2D eigenvalue weighted by Gasteiger charge is 2.20. The molecule has 3 aromatic rings. The number of aryl methyl sites for hydroxylation is 2. The minimum absolute atomic E-state index is 0.291. The highest BCUT2D eigenvalue weighted by molar-refractivity contribution is 6.30. The van der Waals surface area contributed by atoms with Gasteiger partial charge in [-0.3, -0.25) is 4.68 Å². The van der Waals surface area contributed by atoms with Crippen molar-refractivity contribution in [1.29, 1.82) is 0 Å². The third kappa shape index (κ3) is 2.92. The van der Waals surface area contributed by atoms with E-state index < -0.39 is 5.97 Å². The van der Waals surface area contributed by atoms with Gasteiger partial charge in [0.15, 0.2) is 5.65 Å². The number of aromatic nitrogens is 3. The Morgan fingerprint density at radius 3 is 2.92 bits per heavy atom. The molecule has 7 heteroatoms. The third-order valence-electron chi connectivity index (χ3n) is 3.62. The van der Waals surface area contributed by atoms with Gasteiger partial charge in [-0.2, -0.15) is 5.10 Å². The second kappa shape index (κ2) is 6.49. The second-order valence-corrected chi connectivity index (χ2v) is 5.75. The van der Waals surface area contributed by atoms with Crippen molar-refractivity contribution < 1.29 is 9.53 Å². The number of anilines is 2. The van der Waals surface area contributed by atoms with Crippen LogP contribution in [0.1, 0.15) is 23.0 Å². The van der Waals surface area contributed by atoms with Crippen LogP contribution in [0.25, 0.3) is 11.0 Å². The van der Waals surface area contributed by atoms with Crippen molar-refractivity contribution in [3.8, 4) is 0 Å². The lowest BCUT2D eigenvalue weighted by Crippen LogP contribution is -2.09. The van der Waals surface area contributed by atoms with Crippen LogP contribution in [0.2, 0.25) is 5.02 Å².